The Morgan fingerprint density at radius 3 is 2.82 bits per heavy atom. The molecular formula is C13H15NO2S. The lowest BCUT2D eigenvalue weighted by Gasteiger charge is -2.12. The lowest BCUT2D eigenvalue weighted by atomic mass is 10.1. The summed E-state index contributed by atoms with van der Waals surface area (Å²) in [6.45, 7) is 4.14. The van der Waals surface area contributed by atoms with Crippen LogP contribution in [0.4, 0.5) is 0 Å². The number of aryl methyl sites for hydroxylation is 1. The Morgan fingerprint density at radius 1 is 1.41 bits per heavy atom. The molecule has 0 aliphatic carbocycles. The lowest BCUT2D eigenvalue weighted by molar-refractivity contribution is 0.190. The van der Waals surface area contributed by atoms with Crippen LogP contribution in [0.25, 0.3) is 0 Å². The molecule has 1 atom stereocenters. The lowest BCUT2D eigenvalue weighted by Crippen LogP contribution is -2.00. The molecule has 0 spiro atoms. The molecule has 90 valence electrons. The van der Waals surface area contributed by atoms with Gasteiger partial charge in [-0.15, -0.1) is 11.3 Å². The van der Waals surface area contributed by atoms with E-state index in [2.05, 4.69) is 4.98 Å². The summed E-state index contributed by atoms with van der Waals surface area (Å²) in [5.41, 5.74) is 1.82. The molecule has 2 rings (SSSR count). The number of hydrogen-bond donors (Lipinski definition) is 1. The third kappa shape index (κ3) is 3.05. The van der Waals surface area contributed by atoms with Gasteiger partial charge in [-0.25, -0.2) is 4.98 Å². The van der Waals surface area contributed by atoms with Gasteiger partial charge in [-0.2, -0.15) is 0 Å². The van der Waals surface area contributed by atoms with Crippen molar-refractivity contribution in [3.8, 4) is 5.75 Å². The average Bonchev–Trinajstić information content (AvgIpc) is 2.73. The predicted octanol–water partition coefficient (Wildman–Crippen LogP) is 3.08. The molecule has 1 N–H and O–H groups in total. The number of para-hydroxylation sites is 1. The van der Waals surface area contributed by atoms with Gasteiger partial charge in [-0.1, -0.05) is 18.2 Å². The molecule has 2 aromatic rings. The Balaban J connectivity index is 2.08. The van der Waals surface area contributed by atoms with E-state index in [1.54, 1.807) is 18.3 Å². The van der Waals surface area contributed by atoms with Gasteiger partial charge in [0.05, 0.1) is 6.10 Å². The molecule has 0 aliphatic rings. The van der Waals surface area contributed by atoms with Crippen LogP contribution in [0.5, 0.6) is 5.75 Å². The molecule has 0 saturated heterocycles. The first-order valence-corrected chi connectivity index (χ1v) is 6.35. The van der Waals surface area contributed by atoms with E-state index in [1.807, 2.05) is 36.6 Å². The second-order valence-electron chi connectivity index (χ2n) is 3.89. The number of nitrogens with zero attached hydrogens (tertiary/aromatic N) is 1. The summed E-state index contributed by atoms with van der Waals surface area (Å²) < 4.78 is 5.69. The first-order chi connectivity index (χ1) is 8.16. The summed E-state index contributed by atoms with van der Waals surface area (Å²) in [6.07, 6.45) is -0.524. The van der Waals surface area contributed by atoms with Crippen molar-refractivity contribution in [3.63, 3.8) is 0 Å². The Bertz CT molecular complexity index is 494. The van der Waals surface area contributed by atoms with E-state index in [-0.39, 0.29) is 0 Å². The van der Waals surface area contributed by atoms with E-state index in [0.717, 1.165) is 22.0 Å². The molecular weight excluding hydrogens is 234 g/mol. The highest BCUT2D eigenvalue weighted by atomic mass is 32.1. The van der Waals surface area contributed by atoms with Crippen LogP contribution >= 0.6 is 11.3 Å². The maximum Gasteiger partial charge on any atom is 0.140 e. The van der Waals surface area contributed by atoms with Crippen LogP contribution in [0.1, 0.15) is 29.3 Å². The molecule has 0 aliphatic heterocycles. The fraction of sp³-hybridized carbons (Fsp3) is 0.308. The molecule has 1 aromatic carbocycles. The molecule has 0 radical (unpaired) electrons. The number of aliphatic hydroxyl groups excluding tert-OH is 1. The summed E-state index contributed by atoms with van der Waals surface area (Å²) >= 11 is 1.58. The Morgan fingerprint density at radius 2 is 2.18 bits per heavy atom. The molecule has 4 heteroatoms. The summed E-state index contributed by atoms with van der Waals surface area (Å²) in [4.78, 5) is 4.33. The van der Waals surface area contributed by atoms with Gasteiger partial charge in [0.1, 0.15) is 17.4 Å². The van der Waals surface area contributed by atoms with E-state index < -0.39 is 6.10 Å². The standard InChI is InChI=1S/C13H15NO2S/c1-9-8-17-13(14-9)7-16-12-6-4-3-5-11(12)10(2)15/h3-6,8,10,15H,7H2,1-2H3. The van der Waals surface area contributed by atoms with E-state index in [4.69, 9.17) is 4.74 Å². The molecule has 0 amide bonds. The van der Waals surface area contributed by atoms with Crippen molar-refractivity contribution < 1.29 is 9.84 Å². The topological polar surface area (TPSA) is 42.4 Å². The van der Waals surface area contributed by atoms with Crippen molar-refractivity contribution in [2.45, 2.75) is 26.6 Å². The number of rotatable bonds is 4. The third-order valence-corrected chi connectivity index (χ3v) is 3.33. The number of aromatic nitrogens is 1. The minimum absolute atomic E-state index is 0.447. The Kier molecular flexibility index (Phi) is 3.76. The van der Waals surface area contributed by atoms with Crippen LogP contribution in [0.15, 0.2) is 29.6 Å². The van der Waals surface area contributed by atoms with Crippen molar-refractivity contribution >= 4 is 11.3 Å². The minimum atomic E-state index is -0.524. The van der Waals surface area contributed by atoms with Crippen LogP contribution < -0.4 is 4.74 Å². The van der Waals surface area contributed by atoms with Crippen molar-refractivity contribution in [2.75, 3.05) is 0 Å². The number of ether oxygens (including phenoxy) is 1. The molecule has 17 heavy (non-hydrogen) atoms. The van der Waals surface area contributed by atoms with Crippen LogP contribution in [0, 0.1) is 6.92 Å². The Hall–Kier alpha value is -1.39. The van der Waals surface area contributed by atoms with Crippen molar-refractivity contribution in [3.05, 3.63) is 45.9 Å². The minimum Gasteiger partial charge on any atom is -0.486 e. The zero-order chi connectivity index (χ0) is 12.3. The van der Waals surface area contributed by atoms with Gasteiger partial charge in [0.15, 0.2) is 0 Å². The quantitative estimate of drug-likeness (QED) is 0.905. The average molecular weight is 249 g/mol. The van der Waals surface area contributed by atoms with E-state index in [1.165, 1.54) is 0 Å². The SMILES string of the molecule is Cc1csc(COc2ccccc2C(C)O)n1. The second-order valence-corrected chi connectivity index (χ2v) is 4.83. The van der Waals surface area contributed by atoms with Gasteiger partial charge in [0.2, 0.25) is 0 Å². The summed E-state index contributed by atoms with van der Waals surface area (Å²) in [5.74, 6) is 0.718. The van der Waals surface area contributed by atoms with E-state index in [9.17, 15) is 5.11 Å². The van der Waals surface area contributed by atoms with E-state index in [0.29, 0.717) is 6.61 Å². The van der Waals surface area contributed by atoms with Crippen LogP contribution in [-0.4, -0.2) is 10.1 Å². The maximum atomic E-state index is 9.61. The normalized spacial score (nSPS) is 12.4. The highest BCUT2D eigenvalue weighted by Gasteiger charge is 2.08. The van der Waals surface area contributed by atoms with Crippen LogP contribution in [0.3, 0.4) is 0 Å². The molecule has 0 bridgehead atoms. The molecule has 3 nitrogen and oxygen atoms in total. The van der Waals surface area contributed by atoms with Gasteiger partial charge in [-0.3, -0.25) is 0 Å². The van der Waals surface area contributed by atoms with Crippen LogP contribution in [-0.2, 0) is 6.61 Å². The van der Waals surface area contributed by atoms with Crippen molar-refractivity contribution in [2.24, 2.45) is 0 Å². The van der Waals surface area contributed by atoms with Crippen molar-refractivity contribution in [1.82, 2.24) is 4.98 Å². The van der Waals surface area contributed by atoms with Gasteiger partial charge in [-0.05, 0) is 19.9 Å². The zero-order valence-corrected chi connectivity index (χ0v) is 10.7. The predicted molar refractivity (Wildman–Crippen MR) is 68.3 cm³/mol. The molecule has 0 fully saturated rings. The summed E-state index contributed by atoms with van der Waals surface area (Å²) in [6, 6.07) is 7.52. The molecule has 1 aromatic heterocycles. The summed E-state index contributed by atoms with van der Waals surface area (Å²) in [7, 11) is 0. The third-order valence-electron chi connectivity index (χ3n) is 2.39. The fourth-order valence-corrected chi connectivity index (χ4v) is 2.25. The highest BCUT2D eigenvalue weighted by molar-refractivity contribution is 7.09. The number of hydrogen-bond acceptors (Lipinski definition) is 4. The van der Waals surface area contributed by atoms with Crippen molar-refractivity contribution in [1.29, 1.82) is 0 Å². The maximum absolute atomic E-state index is 9.61. The Labute approximate surface area is 105 Å². The van der Waals surface area contributed by atoms with Gasteiger partial charge in [0.25, 0.3) is 0 Å². The van der Waals surface area contributed by atoms with E-state index >= 15 is 0 Å². The summed E-state index contributed by atoms with van der Waals surface area (Å²) in [5, 5.41) is 12.6. The molecule has 0 saturated carbocycles. The number of thiazole rings is 1. The second kappa shape index (κ2) is 5.29. The first kappa shape index (κ1) is 12.1. The first-order valence-electron chi connectivity index (χ1n) is 5.47. The number of benzene rings is 1. The zero-order valence-electron chi connectivity index (χ0n) is 9.88. The molecule has 1 unspecified atom stereocenters. The smallest absolute Gasteiger partial charge is 0.140 e. The largest absolute Gasteiger partial charge is 0.486 e. The number of aliphatic hydroxyl groups is 1. The highest BCUT2D eigenvalue weighted by Crippen LogP contribution is 2.25. The molecule has 1 heterocycles. The van der Waals surface area contributed by atoms with Gasteiger partial charge < -0.3 is 9.84 Å². The van der Waals surface area contributed by atoms with Gasteiger partial charge >= 0.3 is 0 Å². The van der Waals surface area contributed by atoms with Crippen LogP contribution in [0.2, 0.25) is 0 Å². The monoisotopic (exact) mass is 249 g/mol. The van der Waals surface area contributed by atoms with Gasteiger partial charge in [0, 0.05) is 16.6 Å². The fourth-order valence-electron chi connectivity index (χ4n) is 1.57.